The number of para-hydroxylation sites is 1. The first kappa shape index (κ1) is 20.4. The molecular formula is C22H17Cl2FNOP. The Hall–Kier alpha value is -2.32. The van der Waals surface area contributed by atoms with Gasteiger partial charge < -0.3 is 5.09 Å². The molecule has 3 aromatic carbocycles. The van der Waals surface area contributed by atoms with E-state index in [1.54, 1.807) is 36.4 Å². The Morgan fingerprint density at radius 3 is 1.64 bits per heavy atom. The lowest BCUT2D eigenvalue weighted by atomic mass is 10.2. The summed E-state index contributed by atoms with van der Waals surface area (Å²) in [6.45, 7) is 0. The third-order valence-electron chi connectivity index (χ3n) is 3.88. The van der Waals surface area contributed by atoms with Crippen LogP contribution in [0.4, 0.5) is 10.1 Å². The summed E-state index contributed by atoms with van der Waals surface area (Å²) in [6.07, 6.45) is 0. The largest absolute Gasteiger partial charge is 0.328 e. The average molecular weight is 432 g/mol. The van der Waals surface area contributed by atoms with Crippen molar-refractivity contribution in [1.82, 2.24) is 0 Å². The Bertz CT molecular complexity index is 993. The number of anilines is 1. The standard InChI is InChI=1S/C22H17Cl2FNOP/c23-19(17-9-3-1-4-10-17)15-28(27,26-22-14-8-7-13-21(22)25)16-20(24)18-11-5-2-6-12-18/h1-16H,(H,26,27)/b19-15-,20-16+. The van der Waals surface area contributed by atoms with E-state index in [2.05, 4.69) is 5.09 Å². The van der Waals surface area contributed by atoms with Crippen LogP contribution in [0.5, 0.6) is 0 Å². The first-order chi connectivity index (χ1) is 13.5. The van der Waals surface area contributed by atoms with Crippen LogP contribution in [-0.2, 0) is 4.57 Å². The van der Waals surface area contributed by atoms with E-state index >= 15 is 0 Å². The molecule has 0 bridgehead atoms. The first-order valence-corrected chi connectivity index (χ1v) is 11.1. The number of hydrogen-bond donors (Lipinski definition) is 1. The zero-order chi connectivity index (χ0) is 20.0. The van der Waals surface area contributed by atoms with Gasteiger partial charge in [0.1, 0.15) is 5.82 Å². The fourth-order valence-electron chi connectivity index (χ4n) is 2.52. The lowest BCUT2D eigenvalue weighted by Crippen LogP contribution is -1.96. The first-order valence-electron chi connectivity index (χ1n) is 8.47. The van der Waals surface area contributed by atoms with Gasteiger partial charge in [-0.1, -0.05) is 96.0 Å². The van der Waals surface area contributed by atoms with Crippen molar-refractivity contribution in [2.45, 2.75) is 0 Å². The highest BCUT2D eigenvalue weighted by Crippen LogP contribution is 2.53. The van der Waals surface area contributed by atoms with Crippen molar-refractivity contribution in [2.24, 2.45) is 0 Å². The molecule has 6 heteroatoms. The summed E-state index contributed by atoms with van der Waals surface area (Å²) in [6, 6.07) is 24.2. The van der Waals surface area contributed by atoms with Crippen LogP contribution in [0, 0.1) is 5.82 Å². The summed E-state index contributed by atoms with van der Waals surface area (Å²) < 4.78 is 27.9. The van der Waals surface area contributed by atoms with E-state index in [1.165, 1.54) is 23.8 Å². The molecule has 2 nitrogen and oxygen atoms in total. The van der Waals surface area contributed by atoms with Crippen LogP contribution >= 0.6 is 30.5 Å². The molecule has 0 aliphatic heterocycles. The SMILES string of the molecule is O=P(/C=C(\Cl)c1ccccc1)(/C=C(/Cl)c1ccccc1)Nc1ccccc1F. The monoisotopic (exact) mass is 431 g/mol. The van der Waals surface area contributed by atoms with Gasteiger partial charge in [-0.3, -0.25) is 4.57 Å². The lowest BCUT2D eigenvalue weighted by molar-refractivity contribution is 0.588. The maximum Gasteiger partial charge on any atom is 0.216 e. The molecule has 0 aliphatic rings. The highest BCUT2D eigenvalue weighted by atomic mass is 35.5. The molecule has 0 saturated carbocycles. The fraction of sp³-hybridized carbons (Fsp3) is 0. The maximum absolute atomic E-state index is 14.1. The molecule has 3 rings (SSSR count). The van der Waals surface area contributed by atoms with Gasteiger partial charge >= 0.3 is 0 Å². The molecule has 142 valence electrons. The molecule has 1 N–H and O–H groups in total. The topological polar surface area (TPSA) is 29.1 Å². The average Bonchev–Trinajstić information content (AvgIpc) is 2.71. The van der Waals surface area contributed by atoms with Gasteiger partial charge in [0.05, 0.1) is 15.8 Å². The second-order valence-electron chi connectivity index (χ2n) is 5.99. The van der Waals surface area contributed by atoms with E-state index in [4.69, 9.17) is 23.2 Å². The number of nitrogens with one attached hydrogen (secondary N) is 1. The molecule has 1 atom stereocenters. The minimum absolute atomic E-state index is 0.105. The molecule has 0 radical (unpaired) electrons. The summed E-state index contributed by atoms with van der Waals surface area (Å²) in [5.41, 5.74) is 1.50. The zero-order valence-corrected chi connectivity index (χ0v) is 17.1. The molecule has 0 amide bonds. The molecule has 0 saturated heterocycles. The van der Waals surface area contributed by atoms with E-state index in [0.717, 1.165) is 0 Å². The van der Waals surface area contributed by atoms with Crippen LogP contribution < -0.4 is 5.09 Å². The normalized spacial score (nSPS) is 14.4. The third-order valence-corrected chi connectivity index (χ3v) is 6.71. The maximum atomic E-state index is 14.1. The Morgan fingerprint density at radius 2 is 1.18 bits per heavy atom. The minimum Gasteiger partial charge on any atom is -0.328 e. The van der Waals surface area contributed by atoms with Gasteiger partial charge in [-0.25, -0.2) is 4.39 Å². The van der Waals surface area contributed by atoms with Crippen molar-refractivity contribution in [1.29, 1.82) is 0 Å². The summed E-state index contributed by atoms with van der Waals surface area (Å²) in [5, 5.41) is 3.34. The van der Waals surface area contributed by atoms with Crippen LogP contribution in [0.25, 0.3) is 10.1 Å². The molecule has 1 unspecified atom stereocenters. The predicted molar refractivity (Wildman–Crippen MR) is 118 cm³/mol. The number of halogens is 3. The predicted octanol–water partition coefficient (Wildman–Crippen LogP) is 7.99. The summed E-state index contributed by atoms with van der Waals surface area (Å²) >= 11 is 12.8. The number of rotatable bonds is 6. The summed E-state index contributed by atoms with van der Waals surface area (Å²) in [4.78, 5) is 0. The molecule has 0 fully saturated rings. The van der Waals surface area contributed by atoms with E-state index in [0.29, 0.717) is 11.1 Å². The third kappa shape index (κ3) is 5.36. The van der Waals surface area contributed by atoms with Crippen molar-refractivity contribution in [2.75, 3.05) is 5.09 Å². The van der Waals surface area contributed by atoms with Gasteiger partial charge in [0.25, 0.3) is 0 Å². The van der Waals surface area contributed by atoms with Crippen molar-refractivity contribution in [3.8, 4) is 0 Å². The van der Waals surface area contributed by atoms with Gasteiger partial charge in [0.15, 0.2) is 0 Å². The highest BCUT2D eigenvalue weighted by Gasteiger charge is 2.21. The molecule has 28 heavy (non-hydrogen) atoms. The van der Waals surface area contributed by atoms with Crippen LogP contribution in [0.1, 0.15) is 11.1 Å². The van der Waals surface area contributed by atoms with Gasteiger partial charge in [-0.2, -0.15) is 0 Å². The van der Waals surface area contributed by atoms with Crippen LogP contribution in [0.2, 0.25) is 0 Å². The second-order valence-corrected chi connectivity index (χ2v) is 8.96. The van der Waals surface area contributed by atoms with Gasteiger partial charge in [-0.05, 0) is 23.3 Å². The second kappa shape index (κ2) is 9.25. The number of hydrogen-bond acceptors (Lipinski definition) is 1. The van der Waals surface area contributed by atoms with Crippen LogP contribution in [0.3, 0.4) is 0 Å². The Balaban J connectivity index is 2.05. The molecule has 0 spiro atoms. The molecule has 3 aromatic rings. The molecular weight excluding hydrogens is 415 g/mol. The quantitative estimate of drug-likeness (QED) is 0.400. The Kier molecular flexibility index (Phi) is 6.74. The van der Waals surface area contributed by atoms with Crippen LogP contribution in [-0.4, -0.2) is 0 Å². The van der Waals surface area contributed by atoms with Crippen molar-refractivity contribution >= 4 is 46.2 Å². The minimum atomic E-state index is -3.49. The van der Waals surface area contributed by atoms with E-state index < -0.39 is 13.1 Å². The molecule has 0 aliphatic carbocycles. The van der Waals surface area contributed by atoms with Gasteiger partial charge in [0.2, 0.25) is 7.29 Å². The zero-order valence-electron chi connectivity index (χ0n) is 14.7. The number of benzene rings is 3. The fourth-order valence-corrected chi connectivity index (χ4v) is 5.38. The summed E-state index contributed by atoms with van der Waals surface area (Å²) in [5.74, 6) is 2.26. The van der Waals surface area contributed by atoms with Crippen LogP contribution in [0.15, 0.2) is 96.6 Å². The van der Waals surface area contributed by atoms with E-state index in [-0.39, 0.29) is 15.8 Å². The van der Waals surface area contributed by atoms with E-state index in [9.17, 15) is 8.96 Å². The smallest absolute Gasteiger partial charge is 0.216 e. The van der Waals surface area contributed by atoms with Crippen molar-refractivity contribution < 1.29 is 8.96 Å². The van der Waals surface area contributed by atoms with Gasteiger partial charge in [0, 0.05) is 11.6 Å². The lowest BCUT2D eigenvalue weighted by Gasteiger charge is -2.16. The highest BCUT2D eigenvalue weighted by molar-refractivity contribution is 7.72. The molecule has 0 heterocycles. The molecule has 0 aromatic heterocycles. The Labute approximate surface area is 173 Å². The van der Waals surface area contributed by atoms with Gasteiger partial charge in [-0.15, -0.1) is 0 Å². The Morgan fingerprint density at radius 1 is 0.750 bits per heavy atom. The van der Waals surface area contributed by atoms with E-state index in [1.807, 2.05) is 36.4 Å². The summed E-state index contributed by atoms with van der Waals surface area (Å²) in [7, 11) is -3.49. The van der Waals surface area contributed by atoms with Crippen molar-refractivity contribution in [3.63, 3.8) is 0 Å². The van der Waals surface area contributed by atoms with Crippen molar-refractivity contribution in [3.05, 3.63) is 114 Å².